The Bertz CT molecular complexity index is 820. The lowest BCUT2D eigenvalue weighted by Gasteiger charge is -2.05. The van der Waals surface area contributed by atoms with E-state index in [9.17, 15) is 4.39 Å². The van der Waals surface area contributed by atoms with Crippen LogP contribution in [0.25, 0.3) is 11.4 Å². The third-order valence-corrected chi connectivity index (χ3v) is 3.31. The number of rotatable bonds is 6. The molecule has 0 unspecified atom stereocenters. The van der Waals surface area contributed by atoms with Crippen molar-refractivity contribution in [3.05, 3.63) is 47.7 Å². The molecule has 0 saturated carbocycles. The predicted octanol–water partition coefficient (Wildman–Crippen LogP) is 2.64. The van der Waals surface area contributed by atoms with Gasteiger partial charge in [-0.3, -0.25) is 0 Å². The van der Waals surface area contributed by atoms with E-state index in [1.54, 1.807) is 0 Å². The number of nitrogens with one attached hydrogen (secondary N) is 1. The average molecular weight is 329 g/mol. The summed E-state index contributed by atoms with van der Waals surface area (Å²) >= 11 is 0. The summed E-state index contributed by atoms with van der Waals surface area (Å²) in [5.74, 6) is 0.595. The van der Waals surface area contributed by atoms with Crippen molar-refractivity contribution in [2.75, 3.05) is 19.0 Å². The van der Waals surface area contributed by atoms with E-state index in [4.69, 9.17) is 9.26 Å². The number of nitrogens with zero attached hydrogens (tertiary/aromatic N) is 4. The summed E-state index contributed by atoms with van der Waals surface area (Å²) in [6.07, 6.45) is 1.54. The van der Waals surface area contributed by atoms with Gasteiger partial charge in [-0.05, 0) is 6.92 Å². The zero-order valence-electron chi connectivity index (χ0n) is 13.3. The lowest BCUT2D eigenvalue weighted by molar-refractivity contribution is 0.367. The summed E-state index contributed by atoms with van der Waals surface area (Å²) in [7, 11) is 1.35. The monoisotopic (exact) mass is 329 g/mol. The Morgan fingerprint density at radius 1 is 1.21 bits per heavy atom. The maximum Gasteiger partial charge on any atom is 0.255 e. The van der Waals surface area contributed by atoms with E-state index in [-0.39, 0.29) is 11.8 Å². The SMILES string of the molecule is COc1nc(NCCc2nc(-c3ccc(C)cc3)no2)ncc1F. The summed E-state index contributed by atoms with van der Waals surface area (Å²) in [5, 5.41) is 6.92. The van der Waals surface area contributed by atoms with Gasteiger partial charge in [0.25, 0.3) is 5.88 Å². The topological polar surface area (TPSA) is 86.0 Å². The van der Waals surface area contributed by atoms with Gasteiger partial charge in [0, 0.05) is 18.5 Å². The summed E-state index contributed by atoms with van der Waals surface area (Å²) in [4.78, 5) is 12.1. The molecule has 0 amide bonds. The van der Waals surface area contributed by atoms with Crippen molar-refractivity contribution in [2.24, 2.45) is 0 Å². The highest BCUT2D eigenvalue weighted by Crippen LogP contribution is 2.17. The van der Waals surface area contributed by atoms with E-state index in [1.165, 1.54) is 12.7 Å². The second-order valence-electron chi connectivity index (χ2n) is 5.11. The van der Waals surface area contributed by atoms with Crippen LogP contribution >= 0.6 is 0 Å². The molecule has 0 aliphatic rings. The number of aryl methyl sites for hydroxylation is 1. The van der Waals surface area contributed by atoms with Crippen molar-refractivity contribution < 1.29 is 13.7 Å². The Morgan fingerprint density at radius 2 is 2.00 bits per heavy atom. The number of hydrogen-bond acceptors (Lipinski definition) is 7. The van der Waals surface area contributed by atoms with Gasteiger partial charge >= 0.3 is 0 Å². The van der Waals surface area contributed by atoms with E-state index in [1.807, 2.05) is 31.2 Å². The number of hydrogen-bond donors (Lipinski definition) is 1. The minimum Gasteiger partial charge on any atom is -0.479 e. The first-order valence-corrected chi connectivity index (χ1v) is 7.36. The molecule has 3 rings (SSSR count). The molecule has 24 heavy (non-hydrogen) atoms. The molecule has 0 saturated heterocycles. The van der Waals surface area contributed by atoms with E-state index < -0.39 is 5.82 Å². The van der Waals surface area contributed by atoms with Crippen LogP contribution in [0.2, 0.25) is 0 Å². The van der Waals surface area contributed by atoms with E-state index in [0.29, 0.717) is 24.7 Å². The van der Waals surface area contributed by atoms with Crippen molar-refractivity contribution in [1.29, 1.82) is 0 Å². The van der Waals surface area contributed by atoms with Crippen molar-refractivity contribution in [1.82, 2.24) is 20.1 Å². The molecule has 7 nitrogen and oxygen atoms in total. The van der Waals surface area contributed by atoms with Crippen molar-refractivity contribution in [3.8, 4) is 17.3 Å². The molecule has 0 aliphatic carbocycles. The van der Waals surface area contributed by atoms with Crippen LogP contribution in [-0.4, -0.2) is 33.8 Å². The largest absolute Gasteiger partial charge is 0.479 e. The Balaban J connectivity index is 1.59. The van der Waals surface area contributed by atoms with Crippen LogP contribution in [-0.2, 0) is 6.42 Å². The molecule has 1 N–H and O–H groups in total. The number of ether oxygens (including phenoxy) is 1. The minimum absolute atomic E-state index is 0.105. The number of aromatic nitrogens is 4. The highest BCUT2D eigenvalue weighted by atomic mass is 19.1. The molecule has 0 bridgehead atoms. The molecule has 0 aliphatic heterocycles. The summed E-state index contributed by atoms with van der Waals surface area (Å²) in [6.45, 7) is 2.48. The predicted molar refractivity (Wildman–Crippen MR) is 85.2 cm³/mol. The first kappa shape index (κ1) is 15.9. The van der Waals surface area contributed by atoms with Crippen LogP contribution in [0.5, 0.6) is 5.88 Å². The zero-order valence-corrected chi connectivity index (χ0v) is 13.3. The number of anilines is 1. The van der Waals surface area contributed by atoms with Gasteiger partial charge in [0.05, 0.1) is 13.3 Å². The second-order valence-corrected chi connectivity index (χ2v) is 5.11. The molecule has 2 heterocycles. The maximum atomic E-state index is 13.2. The van der Waals surface area contributed by atoms with Crippen LogP contribution < -0.4 is 10.1 Å². The van der Waals surface area contributed by atoms with E-state index in [0.717, 1.165) is 11.8 Å². The lowest BCUT2D eigenvalue weighted by Crippen LogP contribution is -2.09. The summed E-state index contributed by atoms with van der Waals surface area (Å²) in [6, 6.07) is 7.88. The highest BCUT2D eigenvalue weighted by molar-refractivity contribution is 5.54. The molecule has 1 aromatic carbocycles. The molecular formula is C16H16FN5O2. The van der Waals surface area contributed by atoms with Gasteiger partial charge < -0.3 is 14.6 Å². The number of benzene rings is 1. The highest BCUT2D eigenvalue weighted by Gasteiger charge is 2.10. The Morgan fingerprint density at radius 3 is 2.75 bits per heavy atom. The van der Waals surface area contributed by atoms with Gasteiger partial charge in [-0.25, -0.2) is 4.98 Å². The van der Waals surface area contributed by atoms with Crippen molar-refractivity contribution in [2.45, 2.75) is 13.3 Å². The van der Waals surface area contributed by atoms with Gasteiger partial charge in [-0.1, -0.05) is 35.0 Å². The Hall–Kier alpha value is -3.03. The Labute approximate surface area is 137 Å². The standard InChI is InChI=1S/C16H16FN5O2/c1-10-3-5-11(6-4-10)14-20-13(24-22-14)7-8-18-16-19-9-12(17)15(21-16)23-2/h3-6,9H,7-8H2,1-2H3,(H,18,19,21). The molecule has 8 heteroatoms. The fourth-order valence-corrected chi connectivity index (χ4v) is 2.04. The minimum atomic E-state index is -0.609. The average Bonchev–Trinajstić information content (AvgIpc) is 3.06. The quantitative estimate of drug-likeness (QED) is 0.744. The zero-order chi connectivity index (χ0) is 16.9. The van der Waals surface area contributed by atoms with Crippen LogP contribution in [0.3, 0.4) is 0 Å². The molecule has 0 atom stereocenters. The second kappa shape index (κ2) is 7.03. The van der Waals surface area contributed by atoms with Gasteiger partial charge in [0.1, 0.15) is 0 Å². The van der Waals surface area contributed by atoms with E-state index in [2.05, 4.69) is 25.4 Å². The molecule has 0 fully saturated rings. The first-order valence-electron chi connectivity index (χ1n) is 7.36. The first-order chi connectivity index (χ1) is 11.7. The molecule has 2 aromatic heterocycles. The molecular weight excluding hydrogens is 313 g/mol. The molecule has 3 aromatic rings. The van der Waals surface area contributed by atoms with Crippen molar-refractivity contribution >= 4 is 5.95 Å². The van der Waals surface area contributed by atoms with Crippen LogP contribution in [0.1, 0.15) is 11.5 Å². The van der Waals surface area contributed by atoms with Crippen LogP contribution in [0.4, 0.5) is 10.3 Å². The smallest absolute Gasteiger partial charge is 0.255 e. The number of halogens is 1. The van der Waals surface area contributed by atoms with Gasteiger partial charge in [-0.15, -0.1) is 0 Å². The lowest BCUT2D eigenvalue weighted by atomic mass is 10.1. The Kier molecular flexibility index (Phi) is 4.64. The van der Waals surface area contributed by atoms with Crippen LogP contribution in [0, 0.1) is 12.7 Å². The third-order valence-electron chi connectivity index (χ3n) is 3.31. The fourth-order valence-electron chi connectivity index (χ4n) is 2.04. The molecule has 0 spiro atoms. The molecule has 0 radical (unpaired) electrons. The van der Waals surface area contributed by atoms with Crippen molar-refractivity contribution in [3.63, 3.8) is 0 Å². The van der Waals surface area contributed by atoms with Gasteiger partial charge in [0.15, 0.2) is 0 Å². The fraction of sp³-hybridized carbons (Fsp3) is 0.250. The third kappa shape index (κ3) is 3.65. The molecule has 124 valence electrons. The number of methoxy groups -OCH3 is 1. The van der Waals surface area contributed by atoms with Gasteiger partial charge in [0.2, 0.25) is 23.5 Å². The van der Waals surface area contributed by atoms with Gasteiger partial charge in [-0.2, -0.15) is 14.4 Å². The normalized spacial score (nSPS) is 10.6. The van der Waals surface area contributed by atoms with Crippen LogP contribution in [0.15, 0.2) is 35.0 Å². The van der Waals surface area contributed by atoms with E-state index >= 15 is 0 Å². The summed E-state index contributed by atoms with van der Waals surface area (Å²) < 4.78 is 23.3. The summed E-state index contributed by atoms with van der Waals surface area (Å²) in [5.41, 5.74) is 2.07. The maximum absolute atomic E-state index is 13.2.